The topological polar surface area (TPSA) is 32.8 Å². The largest absolute Gasteiger partial charge is 0.497 e. The fourth-order valence-electron chi connectivity index (χ4n) is 5.31. The SMILES string of the molecule is COC1=CCC2(C)S[C@@H](C)CN(C(=O)CCN3CCC(Cc4ccccc4)CC3)CC2=C1. The van der Waals surface area contributed by atoms with E-state index in [9.17, 15) is 4.79 Å². The Balaban J connectivity index is 1.27. The molecule has 0 bridgehead atoms. The Morgan fingerprint density at radius 3 is 2.69 bits per heavy atom. The lowest BCUT2D eigenvalue weighted by molar-refractivity contribution is -0.131. The number of hydrogen-bond acceptors (Lipinski definition) is 4. The number of carbonyl (C=O) groups is 1. The summed E-state index contributed by atoms with van der Waals surface area (Å²) in [6.07, 6.45) is 9.58. The zero-order valence-electron chi connectivity index (χ0n) is 19.9. The first-order chi connectivity index (χ1) is 15.4. The third-order valence-electron chi connectivity index (χ3n) is 7.29. The Morgan fingerprint density at radius 1 is 1.22 bits per heavy atom. The summed E-state index contributed by atoms with van der Waals surface area (Å²) in [6, 6.07) is 10.8. The number of allylic oxidation sites excluding steroid dienone is 2. The van der Waals surface area contributed by atoms with E-state index in [2.05, 4.69) is 66.1 Å². The molecule has 2 fully saturated rings. The van der Waals surface area contributed by atoms with Crippen molar-refractivity contribution in [2.24, 2.45) is 5.92 Å². The van der Waals surface area contributed by atoms with E-state index < -0.39 is 0 Å². The minimum atomic E-state index is 0.0666. The Labute approximate surface area is 198 Å². The van der Waals surface area contributed by atoms with E-state index in [0.717, 1.165) is 50.8 Å². The molecule has 2 heterocycles. The molecule has 0 aromatic heterocycles. The van der Waals surface area contributed by atoms with Gasteiger partial charge in [0.15, 0.2) is 0 Å². The van der Waals surface area contributed by atoms with Gasteiger partial charge < -0.3 is 14.5 Å². The second-order valence-electron chi connectivity index (χ2n) is 9.84. The first kappa shape index (κ1) is 23.4. The molecule has 2 atom stereocenters. The Bertz CT molecular complexity index is 844. The van der Waals surface area contributed by atoms with Gasteiger partial charge in [-0.05, 0) is 74.9 Å². The molecule has 1 aliphatic carbocycles. The Kier molecular flexibility index (Phi) is 7.67. The van der Waals surface area contributed by atoms with Gasteiger partial charge in [0.1, 0.15) is 5.76 Å². The number of hydrogen-bond donors (Lipinski definition) is 0. The van der Waals surface area contributed by atoms with Crippen molar-refractivity contribution in [1.82, 2.24) is 9.80 Å². The number of likely N-dealkylation sites (tertiary alicyclic amines) is 1. The van der Waals surface area contributed by atoms with Crippen molar-refractivity contribution >= 4 is 17.7 Å². The molecule has 0 radical (unpaired) electrons. The van der Waals surface area contributed by atoms with Crippen molar-refractivity contribution in [2.45, 2.75) is 55.9 Å². The van der Waals surface area contributed by atoms with Crippen LogP contribution in [0.15, 0.2) is 53.8 Å². The van der Waals surface area contributed by atoms with Crippen LogP contribution in [0.3, 0.4) is 0 Å². The first-order valence-corrected chi connectivity index (χ1v) is 13.0. The van der Waals surface area contributed by atoms with Crippen molar-refractivity contribution in [2.75, 3.05) is 39.8 Å². The zero-order chi connectivity index (χ0) is 22.6. The quantitative estimate of drug-likeness (QED) is 0.611. The van der Waals surface area contributed by atoms with Crippen LogP contribution in [0.25, 0.3) is 0 Å². The molecule has 1 aromatic carbocycles. The van der Waals surface area contributed by atoms with E-state index in [1.807, 2.05) is 11.8 Å². The summed E-state index contributed by atoms with van der Waals surface area (Å²) >= 11 is 2.00. The summed E-state index contributed by atoms with van der Waals surface area (Å²) in [6.45, 7) is 9.24. The molecule has 1 unspecified atom stereocenters. The number of amides is 1. The molecule has 4 rings (SSSR count). The predicted molar refractivity (Wildman–Crippen MR) is 134 cm³/mol. The molecule has 1 amide bonds. The molecule has 32 heavy (non-hydrogen) atoms. The second kappa shape index (κ2) is 10.5. The van der Waals surface area contributed by atoms with Crippen molar-refractivity contribution in [1.29, 1.82) is 0 Å². The van der Waals surface area contributed by atoms with Crippen LogP contribution in [0.1, 0.15) is 45.1 Å². The molecule has 174 valence electrons. The van der Waals surface area contributed by atoms with Crippen LogP contribution in [-0.4, -0.2) is 65.5 Å². The highest BCUT2D eigenvalue weighted by Gasteiger charge is 2.38. The van der Waals surface area contributed by atoms with Gasteiger partial charge in [0.05, 0.1) is 7.11 Å². The predicted octanol–water partition coefficient (Wildman–Crippen LogP) is 4.91. The summed E-state index contributed by atoms with van der Waals surface area (Å²) in [4.78, 5) is 17.8. The summed E-state index contributed by atoms with van der Waals surface area (Å²) in [5.41, 5.74) is 2.77. The van der Waals surface area contributed by atoms with E-state index in [1.54, 1.807) is 7.11 Å². The van der Waals surface area contributed by atoms with Gasteiger partial charge >= 0.3 is 0 Å². The Hall–Kier alpha value is -1.72. The van der Waals surface area contributed by atoms with E-state index in [0.29, 0.717) is 17.6 Å². The minimum Gasteiger partial charge on any atom is -0.497 e. The molecule has 2 aliphatic heterocycles. The van der Waals surface area contributed by atoms with Gasteiger partial charge in [-0.3, -0.25) is 4.79 Å². The van der Waals surface area contributed by atoms with Crippen molar-refractivity contribution in [3.63, 3.8) is 0 Å². The molecule has 4 nitrogen and oxygen atoms in total. The van der Waals surface area contributed by atoms with Gasteiger partial charge in [-0.1, -0.05) is 37.3 Å². The molecule has 0 saturated carbocycles. The smallest absolute Gasteiger partial charge is 0.224 e. The Morgan fingerprint density at radius 2 is 1.97 bits per heavy atom. The van der Waals surface area contributed by atoms with Gasteiger partial charge in [-0.2, -0.15) is 0 Å². The summed E-state index contributed by atoms with van der Waals surface area (Å²) in [5.74, 6) is 1.99. The number of ether oxygens (including phenoxy) is 1. The maximum atomic E-state index is 13.2. The van der Waals surface area contributed by atoms with E-state index in [-0.39, 0.29) is 4.75 Å². The summed E-state index contributed by atoms with van der Waals surface area (Å²) in [5, 5.41) is 0.432. The number of carbonyl (C=O) groups excluding carboxylic acids is 1. The van der Waals surface area contributed by atoms with Crippen molar-refractivity contribution in [3.05, 3.63) is 59.4 Å². The van der Waals surface area contributed by atoms with Gasteiger partial charge in [0.25, 0.3) is 0 Å². The fourth-order valence-corrected chi connectivity index (χ4v) is 6.91. The lowest BCUT2D eigenvalue weighted by atomic mass is 9.90. The number of fused-ring (bicyclic) bond motifs is 1. The first-order valence-electron chi connectivity index (χ1n) is 12.1. The van der Waals surface area contributed by atoms with E-state index in [1.165, 1.54) is 30.4 Å². The third-order valence-corrected chi connectivity index (χ3v) is 8.79. The van der Waals surface area contributed by atoms with Crippen LogP contribution >= 0.6 is 11.8 Å². The fraction of sp³-hybridized carbons (Fsp3) is 0.593. The minimum absolute atomic E-state index is 0.0666. The lowest BCUT2D eigenvalue weighted by Gasteiger charge is -2.34. The van der Waals surface area contributed by atoms with Crippen LogP contribution in [0.5, 0.6) is 0 Å². The monoisotopic (exact) mass is 454 g/mol. The van der Waals surface area contributed by atoms with Crippen molar-refractivity contribution in [3.8, 4) is 0 Å². The highest BCUT2D eigenvalue weighted by atomic mass is 32.2. The molecular formula is C27H38N2O2S. The van der Waals surface area contributed by atoms with Gasteiger partial charge in [-0.15, -0.1) is 11.8 Å². The average molecular weight is 455 g/mol. The standard InChI is InChI=1S/C27H38N2O2S/c1-21-19-29(20-24-18-25(31-3)9-13-27(24,2)32-21)26(30)12-16-28-14-10-23(11-15-28)17-22-7-5-4-6-8-22/h4-9,18,21,23H,10-17,19-20H2,1-3H3/t21-,27?/m0/s1. The lowest BCUT2D eigenvalue weighted by Crippen LogP contribution is -2.40. The van der Waals surface area contributed by atoms with E-state index in [4.69, 9.17) is 4.74 Å². The number of benzene rings is 1. The van der Waals surface area contributed by atoms with Crippen LogP contribution in [0.4, 0.5) is 0 Å². The third kappa shape index (κ3) is 5.79. The molecule has 5 heteroatoms. The molecule has 0 N–H and O–H groups in total. The highest BCUT2D eigenvalue weighted by molar-refractivity contribution is 8.01. The molecule has 1 aromatic rings. The maximum Gasteiger partial charge on any atom is 0.224 e. The van der Waals surface area contributed by atoms with E-state index >= 15 is 0 Å². The van der Waals surface area contributed by atoms with Crippen LogP contribution in [0, 0.1) is 5.92 Å². The van der Waals surface area contributed by atoms with Gasteiger partial charge in [0.2, 0.25) is 5.91 Å². The second-order valence-corrected chi connectivity index (χ2v) is 11.8. The number of thioether (sulfide) groups is 1. The number of methoxy groups -OCH3 is 1. The highest BCUT2D eigenvalue weighted by Crippen LogP contribution is 2.44. The molecule has 2 saturated heterocycles. The molecule has 3 aliphatic rings. The van der Waals surface area contributed by atoms with Crippen LogP contribution < -0.4 is 0 Å². The normalized spacial score (nSPS) is 27.2. The number of nitrogens with zero attached hydrogens (tertiary/aromatic N) is 2. The summed E-state index contributed by atoms with van der Waals surface area (Å²) in [7, 11) is 1.73. The van der Waals surface area contributed by atoms with Gasteiger partial charge in [0, 0.05) is 36.1 Å². The number of piperidine rings is 1. The molecule has 0 spiro atoms. The van der Waals surface area contributed by atoms with Gasteiger partial charge in [-0.25, -0.2) is 0 Å². The maximum absolute atomic E-state index is 13.2. The average Bonchev–Trinajstić information content (AvgIpc) is 2.93. The zero-order valence-corrected chi connectivity index (χ0v) is 20.7. The van der Waals surface area contributed by atoms with Crippen molar-refractivity contribution < 1.29 is 9.53 Å². The van der Waals surface area contributed by atoms with Crippen LogP contribution in [-0.2, 0) is 16.0 Å². The summed E-state index contributed by atoms with van der Waals surface area (Å²) < 4.78 is 5.55. The number of rotatable bonds is 6. The molecular weight excluding hydrogens is 416 g/mol. The van der Waals surface area contributed by atoms with Crippen LogP contribution in [0.2, 0.25) is 0 Å².